The number of nitrogens with zero attached hydrogens (tertiary/aromatic N) is 7. The lowest BCUT2D eigenvalue weighted by molar-refractivity contribution is 0.174. The number of amides is 2. The van der Waals surface area contributed by atoms with Crippen LogP contribution < -0.4 is 10.6 Å². The van der Waals surface area contributed by atoms with E-state index in [1.165, 1.54) is 48.1 Å². The Hall–Kier alpha value is -4.65. The summed E-state index contributed by atoms with van der Waals surface area (Å²) >= 11 is 3.62. The predicted molar refractivity (Wildman–Crippen MR) is 211 cm³/mol. The van der Waals surface area contributed by atoms with Crippen LogP contribution in [0, 0.1) is 27.7 Å². The van der Waals surface area contributed by atoms with Gasteiger partial charge in [0.25, 0.3) is 0 Å². The number of thiophene rings is 2. The van der Waals surface area contributed by atoms with Gasteiger partial charge >= 0.3 is 6.03 Å². The SMILES string of the molecule is C.CCNC(=O)N1Cc2c(sc(C)c2Cc2ccccc2)-n2c(C)nnc2[C@@H]1C.Cc1sc2c(c1Cc1ccccc1)CN[C@@H](C)c1nnc(C)n1-2. The van der Waals surface area contributed by atoms with Crippen LogP contribution in [0.4, 0.5) is 4.79 Å². The smallest absolute Gasteiger partial charge is 0.318 e. The predicted octanol–water partition coefficient (Wildman–Crippen LogP) is 8.48. The van der Waals surface area contributed by atoms with Gasteiger partial charge in [0.2, 0.25) is 0 Å². The summed E-state index contributed by atoms with van der Waals surface area (Å²) in [6.07, 6.45) is 1.83. The molecule has 4 aromatic heterocycles. The van der Waals surface area contributed by atoms with E-state index in [1.807, 2.05) is 50.0 Å². The molecule has 2 N–H and O–H groups in total. The molecule has 0 spiro atoms. The molecule has 2 amide bonds. The Kier molecular flexibility index (Phi) is 11.1. The molecular formula is C40H49N9OS2. The van der Waals surface area contributed by atoms with E-state index >= 15 is 0 Å². The number of carbonyl (C=O) groups is 1. The molecule has 0 bridgehead atoms. The molecule has 8 rings (SSSR count). The highest BCUT2D eigenvalue weighted by Crippen LogP contribution is 2.40. The van der Waals surface area contributed by atoms with E-state index in [-0.39, 0.29) is 25.5 Å². The second-order valence-electron chi connectivity index (χ2n) is 13.3. The zero-order valence-electron chi connectivity index (χ0n) is 30.3. The van der Waals surface area contributed by atoms with Crippen LogP contribution in [0.25, 0.3) is 10.0 Å². The van der Waals surface area contributed by atoms with Crippen molar-refractivity contribution in [3.63, 3.8) is 0 Å². The summed E-state index contributed by atoms with van der Waals surface area (Å²) in [7, 11) is 0. The maximum atomic E-state index is 12.8. The van der Waals surface area contributed by atoms with Gasteiger partial charge in [0.1, 0.15) is 21.7 Å². The van der Waals surface area contributed by atoms with Crippen LogP contribution in [0.2, 0.25) is 0 Å². The average molecular weight is 736 g/mol. The van der Waals surface area contributed by atoms with Crippen molar-refractivity contribution in [1.82, 2.24) is 45.1 Å². The number of rotatable bonds is 5. The van der Waals surface area contributed by atoms with Gasteiger partial charge < -0.3 is 15.5 Å². The molecule has 0 aliphatic carbocycles. The Morgan fingerprint density at radius 1 is 0.769 bits per heavy atom. The summed E-state index contributed by atoms with van der Waals surface area (Å²) in [4.78, 5) is 17.4. The lowest BCUT2D eigenvalue weighted by atomic mass is 10.0. The number of aromatic nitrogens is 6. The Balaban J connectivity index is 0.000000178. The van der Waals surface area contributed by atoms with Crippen molar-refractivity contribution >= 4 is 28.7 Å². The molecule has 2 aliphatic rings. The fourth-order valence-corrected chi connectivity index (χ4v) is 9.57. The van der Waals surface area contributed by atoms with Crippen molar-refractivity contribution < 1.29 is 4.79 Å². The van der Waals surface area contributed by atoms with Crippen molar-refractivity contribution in [3.05, 3.63) is 127 Å². The zero-order valence-corrected chi connectivity index (χ0v) is 32.0. The first-order chi connectivity index (χ1) is 24.7. The van der Waals surface area contributed by atoms with E-state index in [4.69, 9.17) is 0 Å². The lowest BCUT2D eigenvalue weighted by Crippen LogP contribution is -2.40. The molecule has 2 aliphatic heterocycles. The normalized spacial score (nSPS) is 15.9. The van der Waals surface area contributed by atoms with Crippen molar-refractivity contribution in [2.45, 2.75) is 93.9 Å². The van der Waals surface area contributed by atoms with E-state index in [0.29, 0.717) is 13.1 Å². The third kappa shape index (κ3) is 6.94. The molecule has 0 unspecified atom stereocenters. The fourth-order valence-electron chi connectivity index (χ4n) is 7.09. The van der Waals surface area contributed by atoms with Gasteiger partial charge in [-0.25, -0.2) is 4.79 Å². The van der Waals surface area contributed by atoms with Gasteiger partial charge in [-0.1, -0.05) is 68.1 Å². The van der Waals surface area contributed by atoms with E-state index in [2.05, 4.69) is 116 Å². The molecule has 272 valence electrons. The number of hydrogen-bond donors (Lipinski definition) is 2. The Morgan fingerprint density at radius 3 is 1.83 bits per heavy atom. The first-order valence-electron chi connectivity index (χ1n) is 17.6. The quantitative estimate of drug-likeness (QED) is 0.184. The highest BCUT2D eigenvalue weighted by Gasteiger charge is 2.34. The number of nitrogens with one attached hydrogen (secondary N) is 2. The Labute approximate surface area is 315 Å². The summed E-state index contributed by atoms with van der Waals surface area (Å²) in [6, 6.07) is 21.2. The van der Waals surface area contributed by atoms with Crippen molar-refractivity contribution in [2.75, 3.05) is 6.54 Å². The number of urea groups is 1. The first-order valence-corrected chi connectivity index (χ1v) is 19.2. The number of carbonyl (C=O) groups excluding carboxylic acids is 1. The maximum absolute atomic E-state index is 12.8. The number of hydrogen-bond acceptors (Lipinski definition) is 8. The molecule has 0 saturated carbocycles. The fraction of sp³-hybridized carbons (Fsp3) is 0.375. The second kappa shape index (κ2) is 15.5. The van der Waals surface area contributed by atoms with Gasteiger partial charge in [-0.05, 0) is 83.6 Å². The molecule has 6 aromatic rings. The van der Waals surface area contributed by atoms with Gasteiger partial charge in [0.05, 0.1) is 18.6 Å². The summed E-state index contributed by atoms with van der Waals surface area (Å²) < 4.78 is 4.36. The lowest BCUT2D eigenvalue weighted by Gasteiger charge is -2.26. The molecule has 2 aromatic carbocycles. The third-order valence-corrected chi connectivity index (χ3v) is 12.2. The van der Waals surface area contributed by atoms with Crippen molar-refractivity contribution in [3.8, 4) is 10.0 Å². The standard InChI is InChI=1S/C21H25N5OS.C18H20N4S.CH4/c1-5-22-21(27)25-12-18-17(11-16-9-7-6-8-10-16)14(3)28-20(18)26-15(4)23-24-19(26)13(25)2;1-11-17-21-20-13(3)22(17)18-16(10-19-11)15(12(2)23-18)9-14-7-5-4-6-8-14;/h6-10,13H,5,11-12H2,1-4H3,(H,22,27);4-8,11,19H,9-10H2,1-3H3;1H4/t13-;11-;/m00./s1. The molecular weight excluding hydrogens is 687 g/mol. The molecule has 0 radical (unpaired) electrons. The Bertz CT molecular complexity index is 2160. The minimum absolute atomic E-state index is 0. The number of fused-ring (bicyclic) bond motifs is 6. The van der Waals surface area contributed by atoms with Crippen molar-refractivity contribution in [1.29, 1.82) is 0 Å². The van der Waals surface area contributed by atoms with Gasteiger partial charge in [-0.2, -0.15) is 0 Å². The molecule has 52 heavy (non-hydrogen) atoms. The van der Waals surface area contributed by atoms with Gasteiger partial charge in [-0.15, -0.1) is 43.1 Å². The van der Waals surface area contributed by atoms with Crippen LogP contribution in [-0.2, 0) is 25.9 Å². The summed E-state index contributed by atoms with van der Waals surface area (Å²) in [5.41, 5.74) is 7.96. The number of benzene rings is 2. The largest absolute Gasteiger partial charge is 0.338 e. The summed E-state index contributed by atoms with van der Waals surface area (Å²) in [6.45, 7) is 16.6. The Morgan fingerprint density at radius 2 is 1.27 bits per heavy atom. The molecule has 0 saturated heterocycles. The molecule has 6 heterocycles. The van der Waals surface area contributed by atoms with Crippen LogP contribution >= 0.6 is 22.7 Å². The van der Waals surface area contributed by atoms with E-state index in [1.54, 1.807) is 11.3 Å². The van der Waals surface area contributed by atoms with Crippen LogP contribution in [0.3, 0.4) is 0 Å². The molecule has 12 heteroatoms. The molecule has 2 atom stereocenters. The minimum atomic E-state index is -0.155. The maximum Gasteiger partial charge on any atom is 0.318 e. The summed E-state index contributed by atoms with van der Waals surface area (Å²) in [5.74, 6) is 3.64. The van der Waals surface area contributed by atoms with Gasteiger partial charge in [0.15, 0.2) is 11.6 Å². The molecule has 0 fully saturated rings. The topological polar surface area (TPSA) is 106 Å². The van der Waals surface area contributed by atoms with Crippen LogP contribution in [0.15, 0.2) is 60.7 Å². The monoisotopic (exact) mass is 735 g/mol. The highest BCUT2D eigenvalue weighted by molar-refractivity contribution is 7.15. The van der Waals surface area contributed by atoms with Crippen LogP contribution in [0.5, 0.6) is 0 Å². The van der Waals surface area contributed by atoms with Crippen LogP contribution in [0.1, 0.15) is 107 Å². The van der Waals surface area contributed by atoms with Gasteiger partial charge in [0, 0.05) is 34.0 Å². The average Bonchev–Trinajstić information content (AvgIpc) is 3.82. The van der Waals surface area contributed by atoms with Crippen molar-refractivity contribution in [2.24, 2.45) is 0 Å². The minimum Gasteiger partial charge on any atom is -0.338 e. The molecule has 10 nitrogen and oxygen atoms in total. The zero-order chi connectivity index (χ0) is 35.8. The van der Waals surface area contributed by atoms with Crippen LogP contribution in [-0.4, -0.2) is 47.0 Å². The second-order valence-corrected chi connectivity index (χ2v) is 15.7. The van der Waals surface area contributed by atoms with E-state index < -0.39 is 0 Å². The third-order valence-electron chi connectivity index (χ3n) is 9.88. The summed E-state index contributed by atoms with van der Waals surface area (Å²) in [5, 5.41) is 26.4. The first kappa shape index (κ1) is 37.1. The van der Waals surface area contributed by atoms with E-state index in [9.17, 15) is 4.79 Å². The highest BCUT2D eigenvalue weighted by atomic mass is 32.1. The van der Waals surface area contributed by atoms with Gasteiger partial charge in [-0.3, -0.25) is 9.13 Å². The van der Waals surface area contributed by atoms with E-state index in [0.717, 1.165) is 47.7 Å². The number of aryl methyl sites for hydroxylation is 4.